The Labute approximate surface area is 354 Å². The van der Waals surface area contributed by atoms with Crippen LogP contribution in [-0.2, 0) is 33.5 Å². The zero-order valence-electron chi connectivity index (χ0n) is 36.7. The van der Waals surface area contributed by atoms with Crippen LogP contribution < -0.4 is 19.3 Å². The molecule has 4 aliphatic heterocycles. The van der Waals surface area contributed by atoms with Gasteiger partial charge in [-0.25, -0.2) is 9.59 Å². The molecule has 0 fully saturated rings. The number of ether oxygens (including phenoxy) is 4. The summed E-state index contributed by atoms with van der Waals surface area (Å²) in [6.45, 7) is 25.0. The summed E-state index contributed by atoms with van der Waals surface area (Å²) in [5.41, 5.74) is 6.90. The van der Waals surface area contributed by atoms with E-state index < -0.39 is 17.2 Å². The van der Waals surface area contributed by atoms with Crippen LogP contribution in [0.25, 0.3) is 0 Å². The maximum Gasteiger partial charge on any atom is 0.340 e. The molecule has 5 aromatic rings. The van der Waals surface area contributed by atoms with Crippen LogP contribution in [0.4, 0.5) is 11.4 Å². The quantitative estimate of drug-likeness (QED) is 0.144. The van der Waals surface area contributed by atoms with Crippen LogP contribution in [0.3, 0.4) is 0 Å². The van der Waals surface area contributed by atoms with E-state index in [-0.39, 0.29) is 16.8 Å². The van der Waals surface area contributed by atoms with Crippen molar-refractivity contribution in [2.45, 2.75) is 93.3 Å². The Balaban J connectivity index is 1.32. The summed E-state index contributed by atoms with van der Waals surface area (Å²) in [6.07, 6.45) is 1.62. The molecule has 4 aliphatic rings. The SMILES string of the molecule is CCN(CC)c1ccc2c(c1)Oc1cc3c(cc1C21OC(=O)c2cc(CC(C)(C)C)ccc21)Oc1cc(N(CC)CC)ccc1C31OC(=O)c2ccc(CC(C)(C)C)cc21. The first-order chi connectivity index (χ1) is 28.5. The van der Waals surface area contributed by atoms with Crippen LogP contribution in [0.2, 0.25) is 0 Å². The van der Waals surface area contributed by atoms with E-state index >= 15 is 0 Å². The highest BCUT2D eigenvalue weighted by Gasteiger charge is 2.58. The molecule has 5 aromatic carbocycles. The molecule has 0 saturated carbocycles. The van der Waals surface area contributed by atoms with Gasteiger partial charge in [-0.1, -0.05) is 65.8 Å². The van der Waals surface area contributed by atoms with Crippen LogP contribution in [0.15, 0.2) is 84.9 Å². The number of esters is 2. The zero-order valence-corrected chi connectivity index (χ0v) is 36.7. The molecular weight excluding hydrogens is 749 g/mol. The summed E-state index contributed by atoms with van der Waals surface area (Å²) in [6, 6.07) is 28.5. The lowest BCUT2D eigenvalue weighted by Crippen LogP contribution is -2.36. The van der Waals surface area contributed by atoms with E-state index in [0.717, 1.165) is 83.8 Å². The van der Waals surface area contributed by atoms with Crippen molar-refractivity contribution < 1.29 is 28.5 Å². The standard InChI is InChI=1S/C52H56N2O6/c1-11-53(12-2)33-17-21-38-43(25-33)57-45-28-42-46(27-41(45)51(38)37-20-16-31(29-49(5,6)7)23-36(37)48(56)60-51)58-44-26-34(54(13-3)14-4)18-22-39(44)52(42)40-24-32(30-50(8,9)10)15-19-35(40)47(55)59-52/h15-28H,11-14,29-30H2,1-10H3. The molecule has 2 atom stereocenters. The first kappa shape index (κ1) is 39.7. The predicted molar refractivity (Wildman–Crippen MR) is 236 cm³/mol. The maximum atomic E-state index is 14.3. The molecule has 0 saturated heterocycles. The lowest BCUT2D eigenvalue weighted by molar-refractivity contribution is 0.0195. The molecule has 0 radical (unpaired) electrons. The predicted octanol–water partition coefficient (Wildman–Crippen LogP) is 11.7. The number of benzene rings is 5. The molecule has 2 spiro atoms. The van der Waals surface area contributed by atoms with Crippen molar-refractivity contribution in [2.24, 2.45) is 10.8 Å². The third-order valence-corrected chi connectivity index (χ3v) is 12.6. The molecular formula is C52H56N2O6. The average Bonchev–Trinajstić information content (AvgIpc) is 3.64. The summed E-state index contributed by atoms with van der Waals surface area (Å²) in [5, 5.41) is 0. The lowest BCUT2D eigenvalue weighted by atomic mass is 9.73. The molecule has 2 unspecified atom stereocenters. The summed E-state index contributed by atoms with van der Waals surface area (Å²) < 4.78 is 27.5. The van der Waals surface area contributed by atoms with Crippen molar-refractivity contribution in [3.05, 3.63) is 141 Å². The number of anilines is 2. The highest BCUT2D eigenvalue weighted by Crippen LogP contribution is 2.62. The minimum atomic E-state index is -1.34. The van der Waals surface area contributed by atoms with Gasteiger partial charge in [0.2, 0.25) is 0 Å². The van der Waals surface area contributed by atoms with Crippen LogP contribution in [-0.4, -0.2) is 38.1 Å². The number of fused-ring (bicyclic) bond motifs is 12. The number of nitrogens with zero attached hydrogens (tertiary/aromatic N) is 2. The Morgan fingerprint density at radius 3 is 1.35 bits per heavy atom. The van der Waals surface area contributed by atoms with Crippen LogP contribution in [0.1, 0.15) is 134 Å². The van der Waals surface area contributed by atoms with Gasteiger partial charge in [-0.3, -0.25) is 0 Å². The number of carbonyl (C=O) groups is 2. The smallest absolute Gasteiger partial charge is 0.340 e. The topological polar surface area (TPSA) is 77.5 Å². The lowest BCUT2D eigenvalue weighted by Gasteiger charge is -2.41. The fraction of sp³-hybridized carbons (Fsp3) is 0.385. The summed E-state index contributed by atoms with van der Waals surface area (Å²) in [5.74, 6) is 1.41. The number of rotatable bonds is 8. The van der Waals surface area contributed by atoms with Gasteiger partial charge in [0.1, 0.15) is 23.0 Å². The van der Waals surface area contributed by atoms with Crippen molar-refractivity contribution in [1.82, 2.24) is 0 Å². The minimum absolute atomic E-state index is 0.0101. The molecule has 9 rings (SSSR count). The highest BCUT2D eigenvalue weighted by molar-refractivity contribution is 5.99. The van der Waals surface area contributed by atoms with Gasteiger partial charge in [-0.05, 0) is 111 Å². The van der Waals surface area contributed by atoms with Crippen molar-refractivity contribution >= 4 is 23.3 Å². The fourth-order valence-corrected chi connectivity index (χ4v) is 10.0. The first-order valence-electron chi connectivity index (χ1n) is 21.6. The number of hydrogen-bond acceptors (Lipinski definition) is 8. The van der Waals surface area contributed by atoms with Gasteiger partial charge in [-0.15, -0.1) is 0 Å². The van der Waals surface area contributed by atoms with Crippen LogP contribution in [0, 0.1) is 10.8 Å². The average molecular weight is 805 g/mol. The zero-order chi connectivity index (χ0) is 42.5. The molecule has 0 aliphatic carbocycles. The molecule has 4 heterocycles. The Bertz CT molecular complexity index is 2590. The van der Waals surface area contributed by atoms with Gasteiger partial charge >= 0.3 is 11.9 Å². The Morgan fingerprint density at radius 1 is 0.450 bits per heavy atom. The maximum absolute atomic E-state index is 14.3. The Kier molecular flexibility index (Phi) is 9.19. The van der Waals surface area contributed by atoms with E-state index in [9.17, 15) is 9.59 Å². The Morgan fingerprint density at radius 2 is 0.867 bits per heavy atom. The molecule has 60 heavy (non-hydrogen) atoms. The molecule has 310 valence electrons. The molecule has 8 heteroatoms. The third-order valence-electron chi connectivity index (χ3n) is 12.6. The van der Waals surface area contributed by atoms with Crippen LogP contribution >= 0.6 is 0 Å². The molecule has 0 N–H and O–H groups in total. The molecule has 0 aromatic heterocycles. The van der Waals surface area contributed by atoms with Gasteiger partial charge in [0, 0.05) is 71.9 Å². The van der Waals surface area contributed by atoms with Gasteiger partial charge in [0.05, 0.1) is 22.3 Å². The monoisotopic (exact) mass is 804 g/mol. The Hall–Kier alpha value is -5.76. The summed E-state index contributed by atoms with van der Waals surface area (Å²) in [7, 11) is 0. The second-order valence-electron chi connectivity index (χ2n) is 19.1. The van der Waals surface area contributed by atoms with Crippen molar-refractivity contribution in [3.8, 4) is 23.0 Å². The van der Waals surface area contributed by atoms with Gasteiger partial charge in [0.15, 0.2) is 11.2 Å². The summed E-state index contributed by atoms with van der Waals surface area (Å²) >= 11 is 0. The third kappa shape index (κ3) is 6.08. The number of carbonyl (C=O) groups excluding carboxylic acids is 2. The van der Waals surface area contributed by atoms with Gasteiger partial charge in [0.25, 0.3) is 0 Å². The van der Waals surface area contributed by atoms with Gasteiger partial charge < -0.3 is 28.7 Å². The fourth-order valence-electron chi connectivity index (χ4n) is 10.0. The van der Waals surface area contributed by atoms with E-state index in [1.165, 1.54) is 0 Å². The van der Waals surface area contributed by atoms with Crippen molar-refractivity contribution in [1.29, 1.82) is 0 Å². The molecule has 0 bridgehead atoms. The highest BCUT2D eigenvalue weighted by atomic mass is 16.6. The summed E-state index contributed by atoms with van der Waals surface area (Å²) in [4.78, 5) is 33.0. The minimum Gasteiger partial charge on any atom is -0.456 e. The number of hydrogen-bond donors (Lipinski definition) is 0. The second kappa shape index (κ2) is 13.9. The van der Waals surface area contributed by atoms with Gasteiger partial charge in [-0.2, -0.15) is 0 Å². The van der Waals surface area contributed by atoms with Crippen LogP contribution in [0.5, 0.6) is 23.0 Å². The normalized spacial score (nSPS) is 19.3. The van der Waals surface area contributed by atoms with E-state index in [0.29, 0.717) is 45.3 Å². The largest absolute Gasteiger partial charge is 0.456 e. The molecule has 0 amide bonds. The van der Waals surface area contributed by atoms with E-state index in [2.05, 4.69) is 115 Å². The van der Waals surface area contributed by atoms with E-state index in [1.54, 1.807) is 0 Å². The van der Waals surface area contributed by atoms with Crippen molar-refractivity contribution in [2.75, 3.05) is 36.0 Å². The second-order valence-corrected chi connectivity index (χ2v) is 19.1. The first-order valence-corrected chi connectivity index (χ1v) is 21.6. The van der Waals surface area contributed by atoms with E-state index in [1.807, 2.05) is 48.5 Å². The van der Waals surface area contributed by atoms with E-state index in [4.69, 9.17) is 18.9 Å². The molecule has 8 nitrogen and oxygen atoms in total. The van der Waals surface area contributed by atoms with Crippen molar-refractivity contribution in [3.63, 3.8) is 0 Å².